The zero-order valence-electron chi connectivity index (χ0n) is 16.7. The van der Waals surface area contributed by atoms with Crippen LogP contribution in [0.1, 0.15) is 43.9 Å². The Morgan fingerprint density at radius 1 is 0.962 bits per heavy atom. The molecule has 26 heavy (non-hydrogen) atoms. The molecule has 0 fully saturated rings. The highest BCUT2D eigenvalue weighted by atomic mass is 16.5. The molecular weight excluding hydrogens is 328 g/mol. The van der Waals surface area contributed by atoms with Crippen LogP contribution in [0, 0.1) is 13.8 Å². The van der Waals surface area contributed by atoms with Gasteiger partial charge in [0.15, 0.2) is 0 Å². The van der Waals surface area contributed by atoms with Crippen molar-refractivity contribution in [3.63, 3.8) is 0 Å². The highest BCUT2D eigenvalue weighted by molar-refractivity contribution is 5.69. The average Bonchev–Trinajstić information content (AvgIpc) is 2.67. The molecule has 4 nitrogen and oxygen atoms in total. The van der Waals surface area contributed by atoms with Crippen molar-refractivity contribution in [1.29, 1.82) is 0 Å². The molecule has 0 aliphatic carbocycles. The van der Waals surface area contributed by atoms with Gasteiger partial charge < -0.3 is 14.2 Å². The molecule has 0 heterocycles. The quantitative estimate of drug-likeness (QED) is 0.602. The van der Waals surface area contributed by atoms with Crippen LogP contribution in [0.5, 0.6) is 17.2 Å². The van der Waals surface area contributed by atoms with Crippen LogP contribution in [0.2, 0.25) is 0 Å². The Morgan fingerprint density at radius 3 is 2.15 bits per heavy atom. The average molecular weight is 358 g/mol. The molecule has 142 valence electrons. The van der Waals surface area contributed by atoms with E-state index in [9.17, 15) is 4.79 Å². The van der Waals surface area contributed by atoms with Crippen molar-refractivity contribution in [2.45, 2.75) is 47.5 Å². The fraction of sp³-hybridized carbons (Fsp3) is 0.409. The van der Waals surface area contributed by atoms with E-state index < -0.39 is 0 Å². The van der Waals surface area contributed by atoms with Gasteiger partial charge in [-0.2, -0.15) is 0 Å². The predicted molar refractivity (Wildman–Crippen MR) is 105 cm³/mol. The van der Waals surface area contributed by atoms with Gasteiger partial charge in [-0.25, -0.2) is 0 Å². The van der Waals surface area contributed by atoms with Crippen molar-refractivity contribution in [3.05, 3.63) is 53.1 Å². The fourth-order valence-corrected chi connectivity index (χ4v) is 2.53. The summed E-state index contributed by atoms with van der Waals surface area (Å²) in [6, 6.07) is 11.6. The van der Waals surface area contributed by atoms with Crippen molar-refractivity contribution in [2.24, 2.45) is 0 Å². The van der Waals surface area contributed by atoms with Gasteiger partial charge in [0.2, 0.25) is 0 Å². The topological polar surface area (TPSA) is 44.8 Å². The summed E-state index contributed by atoms with van der Waals surface area (Å²) in [4.78, 5) is 11.6. The summed E-state index contributed by atoms with van der Waals surface area (Å²) in [5, 5.41) is 0. The summed E-state index contributed by atoms with van der Waals surface area (Å²) in [7, 11) is 1.64. The molecule has 0 radical (unpaired) electrons. The number of aryl methyl sites for hydroxylation is 2. The number of hydrogen-bond donors (Lipinski definition) is 0. The molecule has 0 amide bonds. The minimum absolute atomic E-state index is 0.171. The number of ether oxygens (including phenoxy) is 3. The maximum Gasteiger partial charge on any atom is 0.306 e. The second-order valence-corrected chi connectivity index (χ2v) is 5.58. The standard InChI is InChI=1S/C20H24O4.C2H6/c1-5-23-19(21)13-8-16-7-6-14(2)20(15(16)3)24-18-11-9-17(22-4)10-12-18;1-2/h6-7,9-12H,5,8,13H2,1-4H3;1-2H3. The number of methoxy groups -OCH3 is 1. The van der Waals surface area contributed by atoms with Crippen LogP contribution in [0.15, 0.2) is 36.4 Å². The molecule has 0 bridgehead atoms. The number of rotatable bonds is 7. The van der Waals surface area contributed by atoms with Crippen molar-refractivity contribution < 1.29 is 19.0 Å². The third-order valence-electron chi connectivity index (χ3n) is 3.90. The molecule has 0 spiro atoms. The van der Waals surface area contributed by atoms with Gasteiger partial charge in [0.1, 0.15) is 17.2 Å². The van der Waals surface area contributed by atoms with Crippen molar-refractivity contribution in [2.75, 3.05) is 13.7 Å². The van der Waals surface area contributed by atoms with E-state index in [1.54, 1.807) is 7.11 Å². The Kier molecular flexibility index (Phi) is 9.27. The molecule has 0 saturated heterocycles. The number of carbonyl (C=O) groups excluding carboxylic acids is 1. The van der Waals surface area contributed by atoms with Crippen molar-refractivity contribution in [3.8, 4) is 17.2 Å². The van der Waals surface area contributed by atoms with Gasteiger partial charge in [0.25, 0.3) is 0 Å². The zero-order chi connectivity index (χ0) is 19.5. The lowest BCUT2D eigenvalue weighted by Gasteiger charge is -2.15. The summed E-state index contributed by atoms with van der Waals surface area (Å²) in [5.74, 6) is 2.21. The smallest absolute Gasteiger partial charge is 0.306 e. The van der Waals surface area contributed by atoms with Crippen LogP contribution in [0.3, 0.4) is 0 Å². The number of carbonyl (C=O) groups is 1. The first-order chi connectivity index (χ1) is 12.5. The van der Waals surface area contributed by atoms with E-state index in [4.69, 9.17) is 14.2 Å². The molecule has 2 aromatic carbocycles. The van der Waals surface area contributed by atoms with Crippen LogP contribution < -0.4 is 9.47 Å². The highest BCUT2D eigenvalue weighted by Gasteiger charge is 2.12. The van der Waals surface area contributed by atoms with Gasteiger partial charge >= 0.3 is 5.97 Å². The number of benzene rings is 2. The Morgan fingerprint density at radius 2 is 1.58 bits per heavy atom. The Balaban J connectivity index is 0.00000163. The van der Waals surface area contributed by atoms with E-state index in [2.05, 4.69) is 0 Å². The van der Waals surface area contributed by atoms with Gasteiger partial charge in [-0.3, -0.25) is 4.79 Å². The Bertz CT molecular complexity index is 690. The summed E-state index contributed by atoms with van der Waals surface area (Å²) in [5.41, 5.74) is 3.20. The van der Waals surface area contributed by atoms with Crippen LogP contribution in [-0.2, 0) is 16.0 Å². The lowest BCUT2D eigenvalue weighted by molar-refractivity contribution is -0.143. The summed E-state index contributed by atoms with van der Waals surface area (Å²) in [6.45, 7) is 10.3. The largest absolute Gasteiger partial charge is 0.497 e. The Hall–Kier alpha value is -2.49. The van der Waals surface area contributed by atoms with Crippen LogP contribution in [0.25, 0.3) is 0 Å². The molecule has 4 heteroatoms. The van der Waals surface area contributed by atoms with Crippen LogP contribution in [-0.4, -0.2) is 19.7 Å². The molecule has 0 N–H and O–H groups in total. The zero-order valence-corrected chi connectivity index (χ0v) is 16.7. The second kappa shape index (κ2) is 11.2. The third-order valence-corrected chi connectivity index (χ3v) is 3.90. The summed E-state index contributed by atoms with van der Waals surface area (Å²) in [6.07, 6.45) is 1.02. The van der Waals surface area contributed by atoms with Gasteiger partial charge in [-0.1, -0.05) is 26.0 Å². The van der Waals surface area contributed by atoms with Gasteiger partial charge in [-0.15, -0.1) is 0 Å². The maximum atomic E-state index is 11.6. The van der Waals surface area contributed by atoms with E-state index >= 15 is 0 Å². The predicted octanol–water partition coefficient (Wildman–Crippen LogP) is 5.63. The molecule has 0 aromatic heterocycles. The Labute approximate surface area is 157 Å². The fourth-order valence-electron chi connectivity index (χ4n) is 2.53. The van der Waals surface area contributed by atoms with E-state index in [0.29, 0.717) is 19.4 Å². The molecule has 0 aliphatic rings. The lowest BCUT2D eigenvalue weighted by atomic mass is 10.00. The molecular formula is C22H30O4. The van der Waals surface area contributed by atoms with E-state index in [1.165, 1.54) is 0 Å². The molecule has 0 saturated carbocycles. The van der Waals surface area contributed by atoms with E-state index in [1.807, 2.05) is 71.0 Å². The summed E-state index contributed by atoms with van der Waals surface area (Å²) >= 11 is 0. The van der Waals surface area contributed by atoms with Crippen LogP contribution >= 0.6 is 0 Å². The number of esters is 1. The van der Waals surface area contributed by atoms with E-state index in [0.717, 1.165) is 33.9 Å². The monoisotopic (exact) mass is 358 g/mol. The van der Waals surface area contributed by atoms with Gasteiger partial charge in [0.05, 0.1) is 13.7 Å². The third kappa shape index (κ3) is 6.10. The second-order valence-electron chi connectivity index (χ2n) is 5.58. The maximum absolute atomic E-state index is 11.6. The van der Waals surface area contributed by atoms with Crippen molar-refractivity contribution >= 4 is 5.97 Å². The highest BCUT2D eigenvalue weighted by Crippen LogP contribution is 2.32. The van der Waals surface area contributed by atoms with Crippen molar-refractivity contribution in [1.82, 2.24) is 0 Å². The first kappa shape index (κ1) is 21.6. The first-order valence-corrected chi connectivity index (χ1v) is 9.11. The normalized spacial score (nSPS) is 9.77. The number of hydrogen-bond acceptors (Lipinski definition) is 4. The summed E-state index contributed by atoms with van der Waals surface area (Å²) < 4.78 is 16.2. The lowest BCUT2D eigenvalue weighted by Crippen LogP contribution is -2.06. The van der Waals surface area contributed by atoms with Gasteiger partial charge in [-0.05, 0) is 68.1 Å². The molecule has 2 aromatic rings. The minimum Gasteiger partial charge on any atom is -0.497 e. The minimum atomic E-state index is -0.171. The molecule has 0 unspecified atom stereocenters. The molecule has 0 atom stereocenters. The first-order valence-electron chi connectivity index (χ1n) is 9.11. The SMILES string of the molecule is CC.CCOC(=O)CCc1ccc(C)c(Oc2ccc(OC)cc2)c1C. The van der Waals surface area contributed by atoms with Gasteiger partial charge in [0, 0.05) is 6.42 Å². The molecule has 0 aliphatic heterocycles. The van der Waals surface area contributed by atoms with Crippen LogP contribution in [0.4, 0.5) is 0 Å². The molecule has 2 rings (SSSR count). The van der Waals surface area contributed by atoms with E-state index in [-0.39, 0.29) is 5.97 Å².